The molecule has 0 fully saturated rings. The van der Waals surface area contributed by atoms with Crippen molar-refractivity contribution >= 4 is 22.0 Å². The van der Waals surface area contributed by atoms with E-state index in [4.69, 9.17) is 15.2 Å². The Bertz CT molecular complexity index is 1110. The number of hydrogen-bond donors (Lipinski definition) is 3. The third-order valence-corrected chi connectivity index (χ3v) is 7.90. The second-order valence-corrected chi connectivity index (χ2v) is 10.9. The van der Waals surface area contributed by atoms with Crippen LogP contribution in [0.15, 0.2) is 59.5 Å². The van der Waals surface area contributed by atoms with Crippen LogP contribution in [0.2, 0.25) is 0 Å². The maximum atomic E-state index is 13.6. The Kier molecular flexibility index (Phi) is 11.4. The molecule has 10 nitrogen and oxygen atoms in total. The minimum atomic E-state index is -3.98. The molecule has 0 heterocycles. The number of rotatable bonds is 14. The van der Waals surface area contributed by atoms with Gasteiger partial charge in [-0.2, -0.15) is 4.31 Å². The molecular formula is C26H37N3O7S. The number of ether oxygens (including phenoxy) is 2. The van der Waals surface area contributed by atoms with Crippen molar-refractivity contribution in [1.82, 2.24) is 9.62 Å². The Balaban J connectivity index is 2.33. The molecule has 11 heteroatoms. The van der Waals surface area contributed by atoms with E-state index < -0.39 is 40.3 Å². The Morgan fingerprint density at radius 3 is 2.22 bits per heavy atom. The van der Waals surface area contributed by atoms with Gasteiger partial charge in [0.05, 0.1) is 24.2 Å². The number of sulfonamides is 1. The van der Waals surface area contributed by atoms with Gasteiger partial charge in [-0.1, -0.05) is 50.6 Å². The number of benzene rings is 2. The topological polar surface area (TPSA) is 148 Å². The molecule has 4 atom stereocenters. The van der Waals surface area contributed by atoms with Crippen molar-refractivity contribution in [2.45, 2.75) is 56.8 Å². The zero-order valence-electron chi connectivity index (χ0n) is 21.7. The summed E-state index contributed by atoms with van der Waals surface area (Å²) in [6.45, 7) is 5.10. The molecule has 2 rings (SSSR count). The average Bonchev–Trinajstić information content (AvgIpc) is 2.88. The fraction of sp³-hybridized carbons (Fsp3) is 0.462. The van der Waals surface area contributed by atoms with Crippen molar-refractivity contribution in [3.05, 3.63) is 60.2 Å². The Morgan fingerprint density at radius 2 is 1.68 bits per heavy atom. The SMILES string of the molecule is CC[C@H](C)CN(C[C@@H](O)[C@H](Cc1ccccc1)NC(=O)O[C@H](C)C(N)=O)S(=O)(=O)c1ccc(OC)cc1. The van der Waals surface area contributed by atoms with Crippen LogP contribution in [0.25, 0.3) is 0 Å². The minimum Gasteiger partial charge on any atom is -0.497 e. The van der Waals surface area contributed by atoms with Crippen molar-refractivity contribution in [2.24, 2.45) is 11.7 Å². The van der Waals surface area contributed by atoms with Crippen molar-refractivity contribution in [3.8, 4) is 5.75 Å². The van der Waals surface area contributed by atoms with E-state index in [1.165, 1.54) is 30.5 Å². The summed E-state index contributed by atoms with van der Waals surface area (Å²) >= 11 is 0. The van der Waals surface area contributed by atoms with Gasteiger partial charge >= 0.3 is 6.09 Å². The maximum absolute atomic E-state index is 13.6. The number of nitrogens with two attached hydrogens (primary N) is 1. The first-order chi connectivity index (χ1) is 17.5. The van der Waals surface area contributed by atoms with E-state index in [1.807, 2.05) is 44.2 Å². The molecule has 0 aliphatic heterocycles. The van der Waals surface area contributed by atoms with Crippen LogP contribution < -0.4 is 15.8 Å². The highest BCUT2D eigenvalue weighted by molar-refractivity contribution is 7.89. The fourth-order valence-corrected chi connectivity index (χ4v) is 5.11. The first-order valence-corrected chi connectivity index (χ1v) is 13.5. The summed E-state index contributed by atoms with van der Waals surface area (Å²) < 4.78 is 38.5. The van der Waals surface area contributed by atoms with Gasteiger partial charge in [-0.15, -0.1) is 0 Å². The lowest BCUT2D eigenvalue weighted by Gasteiger charge is -2.31. The van der Waals surface area contributed by atoms with Crippen LogP contribution in [0.3, 0.4) is 0 Å². The molecule has 0 saturated carbocycles. The molecule has 4 N–H and O–H groups in total. The van der Waals surface area contributed by atoms with E-state index in [2.05, 4.69) is 5.32 Å². The molecule has 0 saturated heterocycles. The third kappa shape index (κ3) is 9.03. The molecule has 0 aromatic heterocycles. The second kappa shape index (κ2) is 14.0. The van der Waals surface area contributed by atoms with Crippen LogP contribution in [0.1, 0.15) is 32.8 Å². The van der Waals surface area contributed by atoms with E-state index in [0.717, 1.165) is 12.0 Å². The first-order valence-electron chi connectivity index (χ1n) is 12.1. The van der Waals surface area contributed by atoms with E-state index in [0.29, 0.717) is 5.75 Å². The Morgan fingerprint density at radius 1 is 1.05 bits per heavy atom. The van der Waals surface area contributed by atoms with E-state index in [9.17, 15) is 23.1 Å². The van der Waals surface area contributed by atoms with Crippen LogP contribution in [-0.2, 0) is 26.0 Å². The van der Waals surface area contributed by atoms with Gasteiger partial charge in [-0.25, -0.2) is 13.2 Å². The smallest absolute Gasteiger partial charge is 0.408 e. The summed E-state index contributed by atoms with van der Waals surface area (Å²) in [6.07, 6.45) is -2.49. The summed E-state index contributed by atoms with van der Waals surface area (Å²) in [5.74, 6) is -0.286. The summed E-state index contributed by atoms with van der Waals surface area (Å²) in [6, 6.07) is 14.2. The number of nitrogens with one attached hydrogen (secondary N) is 1. The third-order valence-electron chi connectivity index (χ3n) is 6.05. The van der Waals surface area contributed by atoms with Crippen molar-refractivity contribution in [3.63, 3.8) is 0 Å². The molecule has 2 aromatic carbocycles. The number of nitrogens with zero attached hydrogens (tertiary/aromatic N) is 1. The van der Waals surface area contributed by atoms with Gasteiger partial charge in [0.15, 0.2) is 6.10 Å². The highest BCUT2D eigenvalue weighted by atomic mass is 32.2. The summed E-state index contributed by atoms with van der Waals surface area (Å²) in [4.78, 5) is 23.8. The lowest BCUT2D eigenvalue weighted by atomic mass is 10.0. The average molecular weight is 536 g/mol. The van der Waals surface area contributed by atoms with Crippen molar-refractivity contribution in [2.75, 3.05) is 20.2 Å². The molecule has 0 aliphatic rings. The van der Waals surface area contributed by atoms with Gasteiger partial charge in [0.25, 0.3) is 5.91 Å². The molecule has 0 unspecified atom stereocenters. The van der Waals surface area contributed by atoms with E-state index in [1.54, 1.807) is 12.1 Å². The summed E-state index contributed by atoms with van der Waals surface area (Å²) in [5.41, 5.74) is 5.98. The van der Waals surface area contributed by atoms with Gasteiger partial charge in [-0.3, -0.25) is 4.79 Å². The van der Waals surface area contributed by atoms with Gasteiger partial charge in [0.1, 0.15) is 5.75 Å². The largest absolute Gasteiger partial charge is 0.497 e. The van der Waals surface area contributed by atoms with E-state index in [-0.39, 0.29) is 30.3 Å². The van der Waals surface area contributed by atoms with Crippen LogP contribution in [-0.4, -0.2) is 68.3 Å². The number of alkyl carbamates (subject to hydrolysis) is 1. The fourth-order valence-electron chi connectivity index (χ4n) is 3.54. The normalized spacial score (nSPS) is 14.9. The minimum absolute atomic E-state index is 0.0159. The molecule has 0 bridgehead atoms. The number of aliphatic hydroxyl groups is 1. The zero-order valence-corrected chi connectivity index (χ0v) is 22.5. The number of carbonyl (C=O) groups excluding carboxylic acids is 2. The molecule has 2 aromatic rings. The molecule has 37 heavy (non-hydrogen) atoms. The lowest BCUT2D eigenvalue weighted by molar-refractivity contribution is -0.125. The van der Waals surface area contributed by atoms with Crippen LogP contribution in [0, 0.1) is 5.92 Å². The van der Waals surface area contributed by atoms with Gasteiger partial charge < -0.3 is 25.6 Å². The van der Waals surface area contributed by atoms with Crippen molar-refractivity contribution in [1.29, 1.82) is 0 Å². The molecule has 0 radical (unpaired) electrons. The Labute approximate surface area is 218 Å². The highest BCUT2D eigenvalue weighted by Gasteiger charge is 2.32. The quantitative estimate of drug-likeness (QED) is 0.336. The van der Waals surface area contributed by atoms with Gasteiger partial charge in [-0.05, 0) is 49.1 Å². The number of aliphatic hydroxyl groups excluding tert-OH is 1. The molecule has 0 aliphatic carbocycles. The number of carbonyl (C=O) groups is 2. The molecule has 0 spiro atoms. The second-order valence-electron chi connectivity index (χ2n) is 8.97. The zero-order chi connectivity index (χ0) is 27.6. The standard InChI is InChI=1S/C26H37N3O7S/c1-5-18(2)16-29(37(33,34)22-13-11-21(35-4)12-14-22)17-24(30)23(15-20-9-7-6-8-10-20)28-26(32)36-19(3)25(27)31/h6-14,18-19,23-24,30H,5,15-17H2,1-4H3,(H2,27,31)(H,28,32)/t18-,19+,23-,24+/m0/s1. The van der Waals surface area contributed by atoms with Gasteiger partial charge in [0.2, 0.25) is 10.0 Å². The number of hydrogen-bond acceptors (Lipinski definition) is 7. The van der Waals surface area contributed by atoms with E-state index >= 15 is 0 Å². The molecule has 2 amide bonds. The lowest BCUT2D eigenvalue weighted by Crippen LogP contribution is -2.52. The number of methoxy groups -OCH3 is 1. The van der Waals surface area contributed by atoms with Crippen LogP contribution in [0.5, 0.6) is 5.75 Å². The predicted octanol–water partition coefficient (Wildman–Crippen LogP) is 2.30. The monoisotopic (exact) mass is 535 g/mol. The highest BCUT2D eigenvalue weighted by Crippen LogP contribution is 2.22. The molecular weight excluding hydrogens is 498 g/mol. The summed E-state index contributed by atoms with van der Waals surface area (Å²) in [5, 5.41) is 13.8. The first kappa shape index (κ1) is 30.1. The van der Waals surface area contributed by atoms with Crippen LogP contribution in [0.4, 0.5) is 4.79 Å². The van der Waals surface area contributed by atoms with Crippen molar-refractivity contribution < 1.29 is 32.6 Å². The maximum Gasteiger partial charge on any atom is 0.408 e. The number of primary amides is 1. The summed E-state index contributed by atoms with van der Waals surface area (Å²) in [7, 11) is -2.49. The Hall–Kier alpha value is -3.15. The van der Waals surface area contributed by atoms with Gasteiger partial charge in [0, 0.05) is 13.1 Å². The van der Waals surface area contributed by atoms with Crippen LogP contribution >= 0.6 is 0 Å². The predicted molar refractivity (Wildman–Crippen MR) is 139 cm³/mol. The number of amides is 2. The molecule has 204 valence electrons.